The van der Waals surface area contributed by atoms with Crippen LogP contribution in [0.4, 0.5) is 5.69 Å². The van der Waals surface area contributed by atoms with Crippen molar-refractivity contribution in [3.63, 3.8) is 0 Å². The van der Waals surface area contributed by atoms with Crippen molar-refractivity contribution in [1.29, 1.82) is 0 Å². The highest BCUT2D eigenvalue weighted by Gasteiger charge is 2.34. The lowest BCUT2D eigenvalue weighted by Crippen LogP contribution is -2.32. The van der Waals surface area contributed by atoms with E-state index >= 15 is 0 Å². The Morgan fingerprint density at radius 3 is 2.58 bits per heavy atom. The molecular weight excluding hydrogens is 394 g/mol. The van der Waals surface area contributed by atoms with Crippen molar-refractivity contribution < 1.29 is 19.1 Å². The van der Waals surface area contributed by atoms with Gasteiger partial charge in [0.15, 0.2) is 6.61 Å². The van der Waals surface area contributed by atoms with E-state index in [9.17, 15) is 14.4 Å². The van der Waals surface area contributed by atoms with Crippen LogP contribution in [-0.2, 0) is 20.9 Å². The number of hydrogen-bond donors (Lipinski definition) is 1. The summed E-state index contributed by atoms with van der Waals surface area (Å²) in [5.41, 5.74) is 1.63. The normalized spacial score (nSPS) is 18.3. The van der Waals surface area contributed by atoms with Crippen molar-refractivity contribution in [2.24, 2.45) is 5.92 Å². The van der Waals surface area contributed by atoms with Crippen LogP contribution in [-0.4, -0.2) is 53.8 Å². The summed E-state index contributed by atoms with van der Waals surface area (Å²) in [7, 11) is 0. The van der Waals surface area contributed by atoms with Gasteiger partial charge in [0.25, 0.3) is 5.91 Å². The molecule has 31 heavy (non-hydrogen) atoms. The van der Waals surface area contributed by atoms with Crippen molar-refractivity contribution in [2.45, 2.75) is 25.8 Å². The quantitative estimate of drug-likeness (QED) is 0.746. The monoisotopic (exact) mass is 421 g/mol. The highest BCUT2D eigenvalue weighted by atomic mass is 16.5. The molecule has 1 N–H and O–H groups in total. The third kappa shape index (κ3) is 5.42. The molecule has 1 unspecified atom stereocenters. The molecule has 3 amide bonds. The maximum absolute atomic E-state index is 12.7. The van der Waals surface area contributed by atoms with Gasteiger partial charge in [0, 0.05) is 44.4 Å². The van der Waals surface area contributed by atoms with Gasteiger partial charge in [0.1, 0.15) is 5.75 Å². The lowest BCUT2D eigenvalue weighted by atomic mass is 10.1. The van der Waals surface area contributed by atoms with Gasteiger partial charge < -0.3 is 19.9 Å². The summed E-state index contributed by atoms with van der Waals surface area (Å²) >= 11 is 0. The Balaban J connectivity index is 1.29. The standard InChI is InChI=1S/C24H27N3O4/c28-22-13-19(16-27(22)15-18-7-2-1-3-8-18)24(30)25-20-9-6-10-21(14-20)31-17-23(29)26-11-4-5-12-26/h1-3,6-10,14,19H,4-5,11-13,15-17H2,(H,25,30). The van der Waals surface area contributed by atoms with Gasteiger partial charge in [-0.05, 0) is 30.5 Å². The zero-order valence-electron chi connectivity index (χ0n) is 17.5. The molecule has 4 rings (SSSR count). The molecule has 0 bridgehead atoms. The Morgan fingerprint density at radius 1 is 1.03 bits per heavy atom. The Morgan fingerprint density at radius 2 is 1.81 bits per heavy atom. The third-order valence-electron chi connectivity index (χ3n) is 5.72. The Bertz CT molecular complexity index is 941. The van der Waals surface area contributed by atoms with Crippen LogP contribution in [0.3, 0.4) is 0 Å². The number of rotatable bonds is 7. The van der Waals surface area contributed by atoms with Crippen molar-refractivity contribution in [1.82, 2.24) is 9.80 Å². The number of benzene rings is 2. The summed E-state index contributed by atoms with van der Waals surface area (Å²) in [6, 6.07) is 16.8. The molecule has 7 heteroatoms. The van der Waals surface area contributed by atoms with E-state index in [2.05, 4.69) is 5.32 Å². The molecule has 1 atom stereocenters. The molecule has 0 radical (unpaired) electrons. The van der Waals surface area contributed by atoms with E-state index in [1.165, 1.54) is 0 Å². The third-order valence-corrected chi connectivity index (χ3v) is 5.72. The zero-order chi connectivity index (χ0) is 21.6. The predicted octanol–water partition coefficient (Wildman–Crippen LogP) is 2.68. The fraction of sp³-hybridized carbons (Fsp3) is 0.375. The van der Waals surface area contributed by atoms with Gasteiger partial charge in [-0.25, -0.2) is 0 Å². The molecule has 2 aromatic rings. The van der Waals surface area contributed by atoms with Crippen LogP contribution in [0, 0.1) is 5.92 Å². The Labute approximate surface area is 182 Å². The SMILES string of the molecule is O=C(Nc1cccc(OCC(=O)N2CCCC2)c1)C1CC(=O)N(Cc2ccccc2)C1. The van der Waals surface area contributed by atoms with Gasteiger partial charge in [0.05, 0.1) is 5.92 Å². The summed E-state index contributed by atoms with van der Waals surface area (Å²) in [6.45, 7) is 2.49. The molecule has 2 aliphatic rings. The van der Waals surface area contributed by atoms with Crippen LogP contribution in [0.5, 0.6) is 5.75 Å². The fourth-order valence-corrected chi connectivity index (χ4v) is 4.02. The first-order chi connectivity index (χ1) is 15.1. The first-order valence-corrected chi connectivity index (χ1v) is 10.7. The summed E-state index contributed by atoms with van der Waals surface area (Å²) in [5.74, 6) is -0.0817. The summed E-state index contributed by atoms with van der Waals surface area (Å²) in [5, 5.41) is 2.88. The van der Waals surface area contributed by atoms with E-state index in [1.54, 1.807) is 29.2 Å². The van der Waals surface area contributed by atoms with Crippen LogP contribution >= 0.6 is 0 Å². The second-order valence-corrected chi connectivity index (χ2v) is 8.05. The predicted molar refractivity (Wildman–Crippen MR) is 116 cm³/mol. The van der Waals surface area contributed by atoms with Gasteiger partial charge in [-0.3, -0.25) is 14.4 Å². The van der Waals surface area contributed by atoms with Crippen LogP contribution in [0.2, 0.25) is 0 Å². The van der Waals surface area contributed by atoms with Crippen LogP contribution < -0.4 is 10.1 Å². The van der Waals surface area contributed by atoms with E-state index in [-0.39, 0.29) is 30.7 Å². The van der Waals surface area contributed by atoms with E-state index in [4.69, 9.17) is 4.74 Å². The largest absolute Gasteiger partial charge is 0.484 e. The molecule has 0 saturated carbocycles. The van der Waals surface area contributed by atoms with Gasteiger partial charge in [-0.2, -0.15) is 0 Å². The van der Waals surface area contributed by atoms with Crippen molar-refractivity contribution in [3.05, 3.63) is 60.2 Å². The molecule has 2 saturated heterocycles. The number of nitrogens with one attached hydrogen (secondary N) is 1. The summed E-state index contributed by atoms with van der Waals surface area (Å²) in [4.78, 5) is 40.7. The maximum atomic E-state index is 12.7. The maximum Gasteiger partial charge on any atom is 0.260 e. The van der Waals surface area contributed by atoms with Crippen LogP contribution in [0.25, 0.3) is 0 Å². The number of nitrogens with zero attached hydrogens (tertiary/aromatic N) is 2. The summed E-state index contributed by atoms with van der Waals surface area (Å²) in [6.07, 6.45) is 2.29. The molecule has 2 heterocycles. The second kappa shape index (κ2) is 9.64. The lowest BCUT2D eigenvalue weighted by molar-refractivity contribution is -0.132. The topological polar surface area (TPSA) is 79.0 Å². The fourth-order valence-electron chi connectivity index (χ4n) is 4.02. The molecule has 0 aliphatic carbocycles. The number of carbonyl (C=O) groups excluding carboxylic acids is 3. The minimum absolute atomic E-state index is 0.0109. The molecule has 162 valence electrons. The first-order valence-electron chi connectivity index (χ1n) is 10.7. The van der Waals surface area contributed by atoms with E-state index in [0.29, 0.717) is 24.5 Å². The Kier molecular flexibility index (Phi) is 6.50. The molecule has 2 fully saturated rings. The van der Waals surface area contributed by atoms with Gasteiger partial charge >= 0.3 is 0 Å². The van der Waals surface area contributed by atoms with E-state index in [0.717, 1.165) is 31.5 Å². The highest BCUT2D eigenvalue weighted by Crippen LogP contribution is 2.23. The number of likely N-dealkylation sites (tertiary alicyclic amines) is 2. The lowest BCUT2D eigenvalue weighted by Gasteiger charge is -2.17. The summed E-state index contributed by atoms with van der Waals surface area (Å²) < 4.78 is 5.62. The molecule has 7 nitrogen and oxygen atoms in total. The van der Waals surface area contributed by atoms with Gasteiger partial charge in [0.2, 0.25) is 11.8 Å². The number of ether oxygens (including phenoxy) is 1. The smallest absolute Gasteiger partial charge is 0.260 e. The zero-order valence-corrected chi connectivity index (χ0v) is 17.5. The number of anilines is 1. The molecule has 0 spiro atoms. The number of amides is 3. The van der Waals surface area contributed by atoms with Gasteiger partial charge in [-0.15, -0.1) is 0 Å². The minimum atomic E-state index is -0.391. The number of hydrogen-bond acceptors (Lipinski definition) is 4. The highest BCUT2D eigenvalue weighted by molar-refractivity contribution is 5.97. The number of carbonyl (C=O) groups is 3. The van der Waals surface area contributed by atoms with Crippen molar-refractivity contribution in [3.8, 4) is 5.75 Å². The average molecular weight is 421 g/mol. The van der Waals surface area contributed by atoms with E-state index < -0.39 is 5.92 Å². The molecule has 2 aromatic carbocycles. The molecule has 2 aliphatic heterocycles. The molecular formula is C24H27N3O4. The van der Waals surface area contributed by atoms with Crippen LogP contribution in [0.15, 0.2) is 54.6 Å². The minimum Gasteiger partial charge on any atom is -0.484 e. The van der Waals surface area contributed by atoms with Crippen LogP contribution in [0.1, 0.15) is 24.8 Å². The molecule has 0 aromatic heterocycles. The van der Waals surface area contributed by atoms with Gasteiger partial charge in [-0.1, -0.05) is 36.4 Å². The average Bonchev–Trinajstić information content (AvgIpc) is 3.44. The second-order valence-electron chi connectivity index (χ2n) is 8.05. The van der Waals surface area contributed by atoms with Crippen molar-refractivity contribution in [2.75, 3.05) is 31.6 Å². The van der Waals surface area contributed by atoms with Crippen molar-refractivity contribution >= 4 is 23.4 Å². The Hall–Kier alpha value is -3.35. The van der Waals surface area contributed by atoms with E-state index in [1.807, 2.05) is 35.2 Å². The first kappa shape index (κ1) is 20.9.